The van der Waals surface area contributed by atoms with E-state index in [-0.39, 0.29) is 11.4 Å². The molecule has 1 aliphatic rings. The molecule has 0 unspecified atom stereocenters. The van der Waals surface area contributed by atoms with Gasteiger partial charge in [-0.3, -0.25) is 0 Å². The lowest BCUT2D eigenvalue weighted by Gasteiger charge is -2.32. The fourth-order valence-corrected chi connectivity index (χ4v) is 1.72. The van der Waals surface area contributed by atoms with Crippen LogP contribution in [0.3, 0.4) is 0 Å². The van der Waals surface area contributed by atoms with Crippen LogP contribution in [0, 0.1) is 5.82 Å². The Kier molecular flexibility index (Phi) is 1.91. The fourth-order valence-electron chi connectivity index (χ4n) is 1.72. The Morgan fingerprint density at radius 1 is 1.43 bits per heavy atom. The van der Waals surface area contributed by atoms with Gasteiger partial charge < -0.3 is 9.84 Å². The zero-order valence-electron chi connectivity index (χ0n) is 8.30. The van der Waals surface area contributed by atoms with Crippen LogP contribution in [0.25, 0.3) is 0 Å². The van der Waals surface area contributed by atoms with Gasteiger partial charge in [0.2, 0.25) is 0 Å². The van der Waals surface area contributed by atoms with Gasteiger partial charge in [0, 0.05) is 17.7 Å². The van der Waals surface area contributed by atoms with Gasteiger partial charge in [-0.2, -0.15) is 0 Å². The molecule has 0 saturated carbocycles. The van der Waals surface area contributed by atoms with Gasteiger partial charge in [-0.25, -0.2) is 4.39 Å². The summed E-state index contributed by atoms with van der Waals surface area (Å²) in [5.74, 6) is 0.00759. The maximum absolute atomic E-state index is 13.0. The van der Waals surface area contributed by atoms with Gasteiger partial charge in [0.05, 0.1) is 0 Å². The molecule has 0 fully saturated rings. The van der Waals surface area contributed by atoms with E-state index in [0.717, 1.165) is 18.9 Å². The first kappa shape index (κ1) is 9.31. The van der Waals surface area contributed by atoms with Gasteiger partial charge in [0.1, 0.15) is 22.9 Å². The van der Waals surface area contributed by atoms with Crippen LogP contribution in [0.4, 0.5) is 4.39 Å². The van der Waals surface area contributed by atoms with Crippen molar-refractivity contribution in [1.82, 2.24) is 0 Å². The molecule has 0 bridgehead atoms. The Labute approximate surface area is 82.3 Å². The minimum absolute atomic E-state index is 0.00417. The van der Waals surface area contributed by atoms with E-state index in [2.05, 4.69) is 0 Å². The van der Waals surface area contributed by atoms with Crippen LogP contribution in [-0.4, -0.2) is 10.7 Å². The van der Waals surface area contributed by atoms with Gasteiger partial charge in [-0.05, 0) is 26.7 Å². The van der Waals surface area contributed by atoms with Crippen molar-refractivity contribution in [2.75, 3.05) is 0 Å². The van der Waals surface area contributed by atoms with Gasteiger partial charge >= 0.3 is 0 Å². The molecule has 1 heterocycles. The van der Waals surface area contributed by atoms with E-state index >= 15 is 0 Å². The molecule has 0 saturated heterocycles. The number of halogens is 1. The van der Waals surface area contributed by atoms with E-state index in [0.29, 0.717) is 11.3 Å². The summed E-state index contributed by atoms with van der Waals surface area (Å²) in [7, 11) is 0. The maximum Gasteiger partial charge on any atom is 0.130 e. The number of fused-ring (bicyclic) bond motifs is 1. The molecule has 76 valence electrons. The first-order chi connectivity index (χ1) is 6.48. The topological polar surface area (TPSA) is 29.5 Å². The van der Waals surface area contributed by atoms with Crippen molar-refractivity contribution in [2.45, 2.75) is 32.3 Å². The molecule has 0 amide bonds. The number of ether oxygens (including phenoxy) is 1. The average Bonchev–Trinajstić information content (AvgIpc) is 2.00. The Morgan fingerprint density at radius 3 is 2.86 bits per heavy atom. The zero-order valence-corrected chi connectivity index (χ0v) is 8.30. The number of hydrogen-bond acceptors (Lipinski definition) is 2. The SMILES string of the molecule is CC1(C)CCc2c(O)cc(F)cc2O1. The highest BCUT2D eigenvalue weighted by Gasteiger charge is 2.28. The van der Waals surface area contributed by atoms with E-state index in [4.69, 9.17) is 4.74 Å². The molecule has 0 atom stereocenters. The quantitative estimate of drug-likeness (QED) is 0.691. The molecule has 2 rings (SSSR count). The second kappa shape index (κ2) is 2.87. The third-order valence-electron chi connectivity index (χ3n) is 2.51. The van der Waals surface area contributed by atoms with Gasteiger partial charge in [0.25, 0.3) is 0 Å². The standard InChI is InChI=1S/C11H13FO2/c1-11(2)4-3-8-9(13)5-7(12)6-10(8)14-11/h5-6,13H,3-4H2,1-2H3. The van der Waals surface area contributed by atoms with Crippen molar-refractivity contribution in [1.29, 1.82) is 0 Å². The van der Waals surface area contributed by atoms with Crippen molar-refractivity contribution < 1.29 is 14.2 Å². The van der Waals surface area contributed by atoms with Crippen molar-refractivity contribution in [2.24, 2.45) is 0 Å². The van der Waals surface area contributed by atoms with Gasteiger partial charge in [-0.15, -0.1) is 0 Å². The first-order valence-electron chi connectivity index (χ1n) is 4.68. The monoisotopic (exact) mass is 196 g/mol. The fraction of sp³-hybridized carbons (Fsp3) is 0.455. The highest BCUT2D eigenvalue weighted by Crippen LogP contribution is 2.38. The molecular formula is C11H13FO2. The molecule has 0 radical (unpaired) electrons. The lowest BCUT2D eigenvalue weighted by molar-refractivity contribution is 0.0832. The Hall–Kier alpha value is -1.25. The number of rotatable bonds is 0. The van der Waals surface area contributed by atoms with E-state index in [1.807, 2.05) is 13.8 Å². The third kappa shape index (κ3) is 1.54. The molecule has 1 aromatic carbocycles. The normalized spacial score (nSPS) is 18.5. The average molecular weight is 196 g/mol. The summed E-state index contributed by atoms with van der Waals surface area (Å²) in [5.41, 5.74) is 0.443. The van der Waals surface area contributed by atoms with E-state index in [1.165, 1.54) is 6.07 Å². The number of benzene rings is 1. The molecule has 0 aromatic heterocycles. The lowest BCUT2D eigenvalue weighted by Crippen LogP contribution is -2.32. The highest BCUT2D eigenvalue weighted by molar-refractivity contribution is 5.46. The lowest BCUT2D eigenvalue weighted by atomic mass is 9.94. The van der Waals surface area contributed by atoms with E-state index in [1.54, 1.807) is 0 Å². The molecule has 2 nitrogen and oxygen atoms in total. The van der Waals surface area contributed by atoms with Crippen molar-refractivity contribution in [3.63, 3.8) is 0 Å². The summed E-state index contributed by atoms with van der Waals surface area (Å²) < 4.78 is 18.5. The summed E-state index contributed by atoms with van der Waals surface area (Å²) in [5, 5.41) is 9.49. The smallest absolute Gasteiger partial charge is 0.130 e. The second-order valence-corrected chi connectivity index (χ2v) is 4.26. The van der Waals surface area contributed by atoms with Gasteiger partial charge in [-0.1, -0.05) is 0 Å². The Bertz CT molecular complexity index is 372. The van der Waals surface area contributed by atoms with E-state index in [9.17, 15) is 9.50 Å². The molecule has 14 heavy (non-hydrogen) atoms. The number of aromatic hydroxyl groups is 1. The number of phenolic OH excluding ortho intramolecular Hbond substituents is 1. The largest absolute Gasteiger partial charge is 0.507 e. The third-order valence-corrected chi connectivity index (χ3v) is 2.51. The van der Waals surface area contributed by atoms with E-state index < -0.39 is 5.82 Å². The summed E-state index contributed by atoms with van der Waals surface area (Å²) in [6.45, 7) is 3.91. The van der Waals surface area contributed by atoms with Crippen molar-refractivity contribution in [3.8, 4) is 11.5 Å². The number of hydrogen-bond donors (Lipinski definition) is 1. The highest BCUT2D eigenvalue weighted by atomic mass is 19.1. The van der Waals surface area contributed by atoms with Crippen LogP contribution in [0.15, 0.2) is 12.1 Å². The van der Waals surface area contributed by atoms with Crippen LogP contribution >= 0.6 is 0 Å². The Balaban J connectivity index is 2.47. The van der Waals surface area contributed by atoms with Crippen LogP contribution in [-0.2, 0) is 6.42 Å². The summed E-state index contributed by atoms with van der Waals surface area (Å²) in [6, 6.07) is 2.45. The number of phenols is 1. The molecule has 0 aliphatic carbocycles. The van der Waals surface area contributed by atoms with Crippen LogP contribution in [0.2, 0.25) is 0 Å². The van der Waals surface area contributed by atoms with Crippen molar-refractivity contribution in [3.05, 3.63) is 23.5 Å². The predicted octanol–water partition coefficient (Wildman–Crippen LogP) is 2.63. The second-order valence-electron chi connectivity index (χ2n) is 4.26. The molecular weight excluding hydrogens is 183 g/mol. The molecule has 1 aromatic rings. The van der Waals surface area contributed by atoms with Gasteiger partial charge in [0.15, 0.2) is 0 Å². The summed E-state index contributed by atoms with van der Waals surface area (Å²) in [4.78, 5) is 0. The minimum Gasteiger partial charge on any atom is -0.507 e. The predicted molar refractivity (Wildman–Crippen MR) is 51.1 cm³/mol. The molecule has 1 N–H and O–H groups in total. The molecule has 0 spiro atoms. The van der Waals surface area contributed by atoms with Crippen LogP contribution in [0.1, 0.15) is 25.8 Å². The van der Waals surface area contributed by atoms with Crippen molar-refractivity contribution >= 4 is 0 Å². The summed E-state index contributed by atoms with van der Waals surface area (Å²) >= 11 is 0. The zero-order chi connectivity index (χ0) is 10.3. The minimum atomic E-state index is -0.459. The summed E-state index contributed by atoms with van der Waals surface area (Å²) in [6.07, 6.45) is 1.56. The molecule has 1 aliphatic heterocycles. The van der Waals surface area contributed by atoms with Crippen LogP contribution in [0.5, 0.6) is 11.5 Å². The molecule has 3 heteroatoms. The maximum atomic E-state index is 13.0. The van der Waals surface area contributed by atoms with Crippen LogP contribution < -0.4 is 4.74 Å². The Morgan fingerprint density at radius 2 is 2.14 bits per heavy atom. The first-order valence-corrected chi connectivity index (χ1v) is 4.68.